The van der Waals surface area contributed by atoms with E-state index in [2.05, 4.69) is 53.4 Å². The van der Waals surface area contributed by atoms with Gasteiger partial charge in [0.25, 0.3) is 5.91 Å². The molecule has 2 fully saturated rings. The number of benzene rings is 3. The van der Waals surface area contributed by atoms with Crippen molar-refractivity contribution in [2.75, 3.05) is 26.4 Å². The van der Waals surface area contributed by atoms with Crippen LogP contribution in [0.1, 0.15) is 46.7 Å². The Morgan fingerprint density at radius 3 is 2.31 bits per heavy atom. The third-order valence-electron chi connectivity index (χ3n) is 7.83. The first-order valence-corrected chi connectivity index (χ1v) is 12.8. The molecule has 3 aliphatic rings. The zero-order chi connectivity index (χ0) is 24.5. The number of hydrogen-bond donors (Lipinski definition) is 0. The van der Waals surface area contributed by atoms with Crippen molar-refractivity contribution in [3.05, 3.63) is 95.6 Å². The van der Waals surface area contributed by atoms with Gasteiger partial charge in [-0.2, -0.15) is 0 Å². The molecule has 2 amide bonds. The molecule has 3 aromatic carbocycles. The van der Waals surface area contributed by atoms with Crippen molar-refractivity contribution in [1.29, 1.82) is 0 Å². The van der Waals surface area contributed by atoms with Crippen LogP contribution >= 0.6 is 0 Å². The van der Waals surface area contributed by atoms with Crippen molar-refractivity contribution in [3.8, 4) is 11.5 Å². The molecular weight excluding hydrogens is 452 g/mol. The summed E-state index contributed by atoms with van der Waals surface area (Å²) in [4.78, 5) is 30.6. The fraction of sp³-hybridized carbons (Fsp3) is 0.333. The van der Waals surface area contributed by atoms with E-state index in [9.17, 15) is 9.59 Å². The number of hydrogen-bond acceptors (Lipinski definition) is 4. The van der Waals surface area contributed by atoms with E-state index in [1.54, 1.807) is 12.1 Å². The lowest BCUT2D eigenvalue weighted by Crippen LogP contribution is -2.57. The van der Waals surface area contributed by atoms with Crippen LogP contribution in [-0.4, -0.2) is 54.1 Å². The first-order valence-electron chi connectivity index (χ1n) is 12.8. The zero-order valence-corrected chi connectivity index (χ0v) is 20.2. The smallest absolute Gasteiger partial charge is 0.254 e. The van der Waals surface area contributed by atoms with Gasteiger partial charge in [0.15, 0.2) is 11.5 Å². The second kappa shape index (κ2) is 9.69. The Labute approximate surface area is 211 Å². The minimum atomic E-state index is 0.0154. The second-order valence-electron chi connectivity index (χ2n) is 9.89. The molecule has 3 aromatic rings. The Balaban J connectivity index is 1.20. The number of rotatable bonds is 5. The summed E-state index contributed by atoms with van der Waals surface area (Å²) in [5.41, 5.74) is 3.05. The van der Waals surface area contributed by atoms with E-state index in [4.69, 9.17) is 9.47 Å². The van der Waals surface area contributed by atoms with Gasteiger partial charge in [-0.05, 0) is 48.1 Å². The molecule has 6 heteroatoms. The topological polar surface area (TPSA) is 59.1 Å². The third kappa shape index (κ3) is 4.32. The van der Waals surface area contributed by atoms with Crippen LogP contribution in [0.2, 0.25) is 0 Å². The Bertz CT molecular complexity index is 1210. The molecule has 2 atom stereocenters. The Morgan fingerprint density at radius 1 is 0.889 bits per heavy atom. The number of fused-ring (bicyclic) bond motifs is 2. The first kappa shape index (κ1) is 22.7. The Morgan fingerprint density at radius 2 is 1.58 bits per heavy atom. The fourth-order valence-electron chi connectivity index (χ4n) is 5.96. The van der Waals surface area contributed by atoms with Gasteiger partial charge in [-0.25, -0.2) is 0 Å². The summed E-state index contributed by atoms with van der Waals surface area (Å²) in [5, 5.41) is 0. The molecule has 0 bridgehead atoms. The average Bonchev–Trinajstić information content (AvgIpc) is 3.41. The van der Waals surface area contributed by atoms with E-state index in [1.165, 1.54) is 11.1 Å². The minimum Gasteiger partial charge on any atom is -0.454 e. The summed E-state index contributed by atoms with van der Waals surface area (Å²) in [6.45, 7) is 2.16. The van der Waals surface area contributed by atoms with E-state index < -0.39 is 0 Å². The second-order valence-corrected chi connectivity index (χ2v) is 9.89. The first-order chi connectivity index (χ1) is 17.7. The SMILES string of the molecule is O=C(c1ccc2c(c1)OCO2)N1CC[C@@H]2[C@@H](CCC(=O)N2CC(c2ccccc2)c2ccccc2)C1. The lowest BCUT2D eigenvalue weighted by Gasteiger charge is -2.48. The van der Waals surface area contributed by atoms with Crippen molar-refractivity contribution in [2.24, 2.45) is 5.92 Å². The normalized spacial score (nSPS) is 21.0. The molecule has 3 aliphatic heterocycles. The van der Waals surface area contributed by atoms with Crippen molar-refractivity contribution in [2.45, 2.75) is 31.2 Å². The Hall–Kier alpha value is -3.80. The molecule has 0 saturated carbocycles. The molecule has 6 nitrogen and oxygen atoms in total. The van der Waals surface area contributed by atoms with Gasteiger partial charge in [-0.1, -0.05) is 60.7 Å². The average molecular weight is 483 g/mol. The molecule has 0 aliphatic carbocycles. The summed E-state index contributed by atoms with van der Waals surface area (Å²) in [6, 6.07) is 26.4. The van der Waals surface area contributed by atoms with Crippen LogP contribution in [0.25, 0.3) is 0 Å². The van der Waals surface area contributed by atoms with E-state index in [0.717, 1.165) is 12.8 Å². The van der Waals surface area contributed by atoms with Crippen LogP contribution in [0.3, 0.4) is 0 Å². The molecule has 0 aromatic heterocycles. The number of likely N-dealkylation sites (tertiary alicyclic amines) is 2. The number of carbonyl (C=O) groups is 2. The maximum absolute atomic E-state index is 13.3. The predicted molar refractivity (Wildman–Crippen MR) is 136 cm³/mol. The van der Waals surface area contributed by atoms with Gasteiger partial charge in [0.1, 0.15) is 0 Å². The monoisotopic (exact) mass is 482 g/mol. The van der Waals surface area contributed by atoms with Crippen molar-refractivity contribution < 1.29 is 19.1 Å². The standard InChI is InChI=1S/C30H30N2O4/c33-29-14-12-24-18-31(30(34)23-11-13-27-28(17-23)36-20-35-27)16-15-26(24)32(29)19-25(21-7-3-1-4-8-21)22-9-5-2-6-10-22/h1-11,13,17,24-26H,12,14-16,18-20H2/t24-,26+/m0/s1. The summed E-state index contributed by atoms with van der Waals surface area (Å²) >= 11 is 0. The summed E-state index contributed by atoms with van der Waals surface area (Å²) in [5.74, 6) is 1.94. The van der Waals surface area contributed by atoms with Crippen LogP contribution < -0.4 is 9.47 Å². The molecule has 6 rings (SSSR count). The highest BCUT2D eigenvalue weighted by Gasteiger charge is 2.41. The molecular formula is C30H30N2O4. The number of carbonyl (C=O) groups excluding carboxylic acids is 2. The highest BCUT2D eigenvalue weighted by molar-refractivity contribution is 5.95. The van der Waals surface area contributed by atoms with Crippen molar-refractivity contribution >= 4 is 11.8 Å². The maximum atomic E-state index is 13.3. The van der Waals surface area contributed by atoms with Gasteiger partial charge in [-0.15, -0.1) is 0 Å². The molecule has 0 unspecified atom stereocenters. The molecule has 0 radical (unpaired) electrons. The van der Waals surface area contributed by atoms with Gasteiger partial charge in [0, 0.05) is 43.6 Å². The van der Waals surface area contributed by atoms with Crippen LogP contribution in [0.4, 0.5) is 0 Å². The van der Waals surface area contributed by atoms with Crippen LogP contribution in [-0.2, 0) is 4.79 Å². The van der Waals surface area contributed by atoms with Crippen LogP contribution in [0.15, 0.2) is 78.9 Å². The number of ether oxygens (including phenoxy) is 2. The van der Waals surface area contributed by atoms with Gasteiger partial charge in [0.05, 0.1) is 0 Å². The highest BCUT2D eigenvalue weighted by Crippen LogP contribution is 2.36. The maximum Gasteiger partial charge on any atom is 0.254 e. The summed E-state index contributed by atoms with van der Waals surface area (Å²) in [6.07, 6.45) is 2.15. The largest absolute Gasteiger partial charge is 0.454 e. The zero-order valence-electron chi connectivity index (χ0n) is 20.2. The quantitative estimate of drug-likeness (QED) is 0.529. The number of nitrogens with zero attached hydrogens (tertiary/aromatic N) is 2. The molecule has 2 saturated heterocycles. The molecule has 3 heterocycles. The number of piperidine rings is 2. The summed E-state index contributed by atoms with van der Waals surface area (Å²) < 4.78 is 10.8. The third-order valence-corrected chi connectivity index (χ3v) is 7.83. The summed E-state index contributed by atoms with van der Waals surface area (Å²) in [7, 11) is 0. The van der Waals surface area contributed by atoms with Crippen LogP contribution in [0, 0.1) is 5.92 Å². The van der Waals surface area contributed by atoms with E-state index in [1.807, 2.05) is 23.1 Å². The van der Waals surface area contributed by atoms with Gasteiger partial charge < -0.3 is 19.3 Å². The number of amides is 2. The highest BCUT2D eigenvalue weighted by atomic mass is 16.7. The van der Waals surface area contributed by atoms with Gasteiger partial charge in [0.2, 0.25) is 12.7 Å². The van der Waals surface area contributed by atoms with E-state index in [-0.39, 0.29) is 36.5 Å². The molecule has 184 valence electrons. The van der Waals surface area contributed by atoms with E-state index >= 15 is 0 Å². The fourth-order valence-corrected chi connectivity index (χ4v) is 5.96. The lowest BCUT2D eigenvalue weighted by atomic mass is 9.81. The predicted octanol–water partition coefficient (Wildman–Crippen LogP) is 4.70. The lowest BCUT2D eigenvalue weighted by molar-refractivity contribution is -0.140. The Kier molecular flexibility index (Phi) is 6.09. The van der Waals surface area contributed by atoms with Crippen molar-refractivity contribution in [1.82, 2.24) is 9.80 Å². The van der Waals surface area contributed by atoms with Crippen molar-refractivity contribution in [3.63, 3.8) is 0 Å². The molecule has 36 heavy (non-hydrogen) atoms. The van der Waals surface area contributed by atoms with Crippen LogP contribution in [0.5, 0.6) is 11.5 Å². The minimum absolute atomic E-state index is 0.0154. The molecule has 0 N–H and O–H groups in total. The van der Waals surface area contributed by atoms with Gasteiger partial charge in [-0.3, -0.25) is 9.59 Å². The van der Waals surface area contributed by atoms with Gasteiger partial charge >= 0.3 is 0 Å². The van der Waals surface area contributed by atoms with E-state index in [0.29, 0.717) is 43.1 Å². The molecule has 0 spiro atoms.